The van der Waals surface area contributed by atoms with Gasteiger partial charge in [-0.3, -0.25) is 4.79 Å². The quantitative estimate of drug-likeness (QED) is 0.932. The van der Waals surface area contributed by atoms with Crippen LogP contribution in [0.2, 0.25) is 5.02 Å². The summed E-state index contributed by atoms with van der Waals surface area (Å²) in [5, 5.41) is 17.8. The van der Waals surface area contributed by atoms with Gasteiger partial charge < -0.3 is 9.84 Å². The number of ether oxygens (including phenoxy) is 1. The summed E-state index contributed by atoms with van der Waals surface area (Å²) in [7, 11) is 0. The van der Waals surface area contributed by atoms with E-state index in [4.69, 9.17) is 26.7 Å². The zero-order chi connectivity index (χ0) is 14.5. The zero-order valence-electron chi connectivity index (χ0n) is 10.3. The second kappa shape index (κ2) is 6.09. The molecular formula is C15H10ClNO3. The second-order valence-electron chi connectivity index (χ2n) is 4.07. The van der Waals surface area contributed by atoms with Crippen molar-refractivity contribution in [3.8, 4) is 17.6 Å². The van der Waals surface area contributed by atoms with Crippen LogP contribution in [0.25, 0.3) is 0 Å². The van der Waals surface area contributed by atoms with Gasteiger partial charge in [0, 0.05) is 6.07 Å². The molecule has 0 saturated carbocycles. The predicted octanol–water partition coefficient (Wildman–Crippen LogP) is 3.63. The maximum Gasteiger partial charge on any atom is 0.307 e. The highest BCUT2D eigenvalue weighted by atomic mass is 35.5. The Morgan fingerprint density at radius 1 is 1.20 bits per heavy atom. The molecule has 0 aliphatic rings. The fraction of sp³-hybridized carbons (Fsp3) is 0.0667. The van der Waals surface area contributed by atoms with E-state index in [1.807, 2.05) is 6.07 Å². The summed E-state index contributed by atoms with van der Waals surface area (Å²) in [6.07, 6.45) is -0.0248. The van der Waals surface area contributed by atoms with Crippen LogP contribution in [0.5, 0.6) is 11.5 Å². The van der Waals surface area contributed by atoms with Gasteiger partial charge in [-0.25, -0.2) is 0 Å². The molecule has 2 aromatic carbocycles. The molecule has 4 nitrogen and oxygen atoms in total. The summed E-state index contributed by atoms with van der Waals surface area (Å²) in [5.74, 6) is 0.206. The highest BCUT2D eigenvalue weighted by Gasteiger charge is 2.04. The number of hydrogen-bond acceptors (Lipinski definition) is 3. The molecule has 0 bridgehead atoms. The van der Waals surface area contributed by atoms with Crippen molar-refractivity contribution < 1.29 is 14.6 Å². The lowest BCUT2D eigenvalue weighted by molar-refractivity contribution is -0.136. The van der Waals surface area contributed by atoms with Gasteiger partial charge in [-0.2, -0.15) is 5.26 Å². The van der Waals surface area contributed by atoms with Crippen molar-refractivity contribution in [2.24, 2.45) is 0 Å². The monoisotopic (exact) mass is 287 g/mol. The van der Waals surface area contributed by atoms with Gasteiger partial charge in [-0.1, -0.05) is 23.7 Å². The molecule has 0 radical (unpaired) electrons. The third-order valence-electron chi connectivity index (χ3n) is 2.58. The van der Waals surface area contributed by atoms with E-state index >= 15 is 0 Å². The number of nitriles is 1. The number of nitrogens with zero attached hydrogens (tertiary/aromatic N) is 1. The normalized spacial score (nSPS) is 9.80. The Morgan fingerprint density at radius 3 is 2.40 bits per heavy atom. The highest BCUT2D eigenvalue weighted by Crippen LogP contribution is 2.26. The van der Waals surface area contributed by atoms with Gasteiger partial charge in [-0.15, -0.1) is 0 Å². The average molecular weight is 288 g/mol. The predicted molar refractivity (Wildman–Crippen MR) is 74.0 cm³/mol. The molecule has 2 rings (SSSR count). The van der Waals surface area contributed by atoms with Crippen LogP contribution < -0.4 is 4.74 Å². The number of carboxylic acids is 1. The van der Waals surface area contributed by atoms with E-state index in [1.165, 1.54) is 0 Å². The van der Waals surface area contributed by atoms with Crippen LogP contribution in [0.1, 0.15) is 11.1 Å². The molecule has 0 fully saturated rings. The van der Waals surface area contributed by atoms with Crippen molar-refractivity contribution in [2.75, 3.05) is 0 Å². The molecule has 20 heavy (non-hydrogen) atoms. The summed E-state index contributed by atoms with van der Waals surface area (Å²) >= 11 is 5.91. The molecule has 0 aliphatic heterocycles. The van der Waals surface area contributed by atoms with Crippen molar-refractivity contribution >= 4 is 17.6 Å². The third-order valence-corrected chi connectivity index (χ3v) is 2.89. The van der Waals surface area contributed by atoms with Gasteiger partial charge in [0.15, 0.2) is 0 Å². The van der Waals surface area contributed by atoms with E-state index in [9.17, 15) is 4.79 Å². The Balaban J connectivity index is 2.12. The minimum absolute atomic E-state index is 0.0248. The molecule has 0 spiro atoms. The van der Waals surface area contributed by atoms with Crippen LogP contribution in [-0.2, 0) is 11.2 Å². The molecule has 5 heteroatoms. The Bertz CT molecular complexity index is 675. The number of carboxylic acid groups (broad SMARTS) is 1. The first-order valence-electron chi connectivity index (χ1n) is 5.77. The molecule has 0 aromatic heterocycles. The first kappa shape index (κ1) is 13.9. The Morgan fingerprint density at radius 2 is 1.85 bits per heavy atom. The largest absolute Gasteiger partial charge is 0.481 e. The zero-order valence-corrected chi connectivity index (χ0v) is 11.1. The SMILES string of the molecule is N#Cc1ccc(Oc2ccc(CC(=O)O)cc2)cc1Cl. The van der Waals surface area contributed by atoms with E-state index < -0.39 is 5.97 Å². The first-order valence-corrected chi connectivity index (χ1v) is 6.14. The van der Waals surface area contributed by atoms with Crippen LogP contribution in [0.15, 0.2) is 42.5 Å². The highest BCUT2D eigenvalue weighted by molar-refractivity contribution is 6.31. The Hall–Kier alpha value is -2.51. The number of aliphatic carboxylic acids is 1. The maximum absolute atomic E-state index is 10.6. The van der Waals surface area contributed by atoms with Gasteiger partial charge in [0.25, 0.3) is 0 Å². The number of carbonyl (C=O) groups is 1. The molecule has 2 aromatic rings. The van der Waals surface area contributed by atoms with Crippen LogP contribution in [-0.4, -0.2) is 11.1 Å². The van der Waals surface area contributed by atoms with E-state index in [0.29, 0.717) is 27.6 Å². The lowest BCUT2D eigenvalue weighted by Gasteiger charge is -2.07. The second-order valence-corrected chi connectivity index (χ2v) is 4.48. The molecule has 100 valence electrons. The van der Waals surface area contributed by atoms with Gasteiger partial charge in [0.2, 0.25) is 0 Å². The molecule has 0 unspecified atom stereocenters. The van der Waals surface area contributed by atoms with Gasteiger partial charge >= 0.3 is 5.97 Å². The minimum atomic E-state index is -0.877. The van der Waals surface area contributed by atoms with Crippen molar-refractivity contribution in [2.45, 2.75) is 6.42 Å². The Kier molecular flexibility index (Phi) is 4.24. The van der Waals surface area contributed by atoms with Gasteiger partial charge in [-0.05, 0) is 29.8 Å². The molecule has 0 saturated heterocycles. The van der Waals surface area contributed by atoms with Gasteiger partial charge in [0.05, 0.1) is 17.0 Å². The van der Waals surface area contributed by atoms with E-state index in [1.54, 1.807) is 42.5 Å². The van der Waals surface area contributed by atoms with Crippen LogP contribution in [0, 0.1) is 11.3 Å². The van der Waals surface area contributed by atoms with Crippen molar-refractivity contribution in [3.63, 3.8) is 0 Å². The van der Waals surface area contributed by atoms with Crippen molar-refractivity contribution in [1.82, 2.24) is 0 Å². The molecule has 0 amide bonds. The topological polar surface area (TPSA) is 70.3 Å². The summed E-state index contributed by atoms with van der Waals surface area (Å²) in [6.45, 7) is 0. The summed E-state index contributed by atoms with van der Waals surface area (Å²) in [6, 6.07) is 13.5. The maximum atomic E-state index is 10.6. The summed E-state index contributed by atoms with van der Waals surface area (Å²) in [5.41, 5.74) is 1.08. The molecule has 0 heterocycles. The molecule has 0 aliphatic carbocycles. The van der Waals surface area contributed by atoms with E-state index in [0.717, 1.165) is 0 Å². The lowest BCUT2D eigenvalue weighted by Crippen LogP contribution is -1.99. The fourth-order valence-electron chi connectivity index (χ4n) is 1.64. The van der Waals surface area contributed by atoms with Crippen LogP contribution >= 0.6 is 11.6 Å². The van der Waals surface area contributed by atoms with Crippen LogP contribution in [0.3, 0.4) is 0 Å². The number of benzene rings is 2. The first-order chi connectivity index (χ1) is 9.58. The smallest absolute Gasteiger partial charge is 0.307 e. The third kappa shape index (κ3) is 3.50. The standard InChI is InChI=1S/C15H10ClNO3/c16-14-8-13(6-3-11(14)9-17)20-12-4-1-10(2-5-12)7-15(18)19/h1-6,8H,7H2,(H,18,19). The molecule has 1 N–H and O–H groups in total. The summed E-state index contributed by atoms with van der Waals surface area (Å²) < 4.78 is 5.58. The fourth-order valence-corrected chi connectivity index (χ4v) is 1.85. The van der Waals surface area contributed by atoms with E-state index in [-0.39, 0.29) is 6.42 Å². The Labute approximate surface area is 120 Å². The van der Waals surface area contributed by atoms with Crippen molar-refractivity contribution in [1.29, 1.82) is 5.26 Å². The molecule has 0 atom stereocenters. The lowest BCUT2D eigenvalue weighted by atomic mass is 10.1. The van der Waals surface area contributed by atoms with E-state index in [2.05, 4.69) is 0 Å². The van der Waals surface area contributed by atoms with Crippen molar-refractivity contribution in [3.05, 3.63) is 58.6 Å². The van der Waals surface area contributed by atoms with Crippen LogP contribution in [0.4, 0.5) is 0 Å². The number of hydrogen-bond donors (Lipinski definition) is 1. The number of halogens is 1. The average Bonchev–Trinajstić information content (AvgIpc) is 2.41. The molecular weight excluding hydrogens is 278 g/mol. The summed E-state index contributed by atoms with van der Waals surface area (Å²) in [4.78, 5) is 10.6. The number of rotatable bonds is 4. The van der Waals surface area contributed by atoms with Gasteiger partial charge in [0.1, 0.15) is 17.6 Å². The minimum Gasteiger partial charge on any atom is -0.481 e.